The number of aromatic nitrogens is 1. The van der Waals surface area contributed by atoms with Crippen molar-refractivity contribution < 1.29 is 13.5 Å². The molecule has 16 heavy (non-hydrogen) atoms. The molecule has 1 atom stereocenters. The van der Waals surface area contributed by atoms with Crippen LogP contribution in [-0.4, -0.2) is 30.5 Å². The van der Waals surface area contributed by atoms with Crippen LogP contribution in [0, 0.1) is 13.8 Å². The van der Waals surface area contributed by atoms with E-state index in [1.807, 2.05) is 19.9 Å². The third-order valence-corrected chi connectivity index (χ3v) is 3.36. The van der Waals surface area contributed by atoms with Gasteiger partial charge in [-0.3, -0.25) is 4.98 Å². The van der Waals surface area contributed by atoms with E-state index >= 15 is 0 Å². The first-order valence-electron chi connectivity index (χ1n) is 5.09. The Labute approximate surface area is 96.3 Å². The van der Waals surface area contributed by atoms with Gasteiger partial charge in [0.05, 0.1) is 11.9 Å². The number of pyridine rings is 1. The van der Waals surface area contributed by atoms with E-state index in [1.54, 1.807) is 6.07 Å². The van der Waals surface area contributed by atoms with Crippen LogP contribution in [0.15, 0.2) is 12.1 Å². The van der Waals surface area contributed by atoms with Crippen molar-refractivity contribution in [3.05, 3.63) is 29.1 Å². The van der Waals surface area contributed by atoms with Crippen molar-refractivity contribution in [3.63, 3.8) is 0 Å². The van der Waals surface area contributed by atoms with Crippen LogP contribution in [0.1, 0.15) is 29.5 Å². The summed E-state index contributed by atoms with van der Waals surface area (Å²) in [5.41, 5.74) is 2.34. The Bertz CT molecular complexity index is 468. The third-order valence-electron chi connectivity index (χ3n) is 2.39. The molecule has 1 unspecified atom stereocenters. The van der Waals surface area contributed by atoms with Crippen molar-refractivity contribution in [2.45, 2.75) is 26.4 Å². The van der Waals surface area contributed by atoms with Gasteiger partial charge in [0.1, 0.15) is 9.84 Å². The van der Waals surface area contributed by atoms with Crippen molar-refractivity contribution in [1.82, 2.24) is 4.98 Å². The van der Waals surface area contributed by atoms with Crippen LogP contribution in [0.2, 0.25) is 0 Å². The molecule has 5 heteroatoms. The fourth-order valence-corrected chi connectivity index (χ4v) is 2.18. The second-order valence-corrected chi connectivity index (χ2v) is 6.32. The van der Waals surface area contributed by atoms with E-state index in [4.69, 9.17) is 0 Å². The molecule has 0 spiro atoms. The van der Waals surface area contributed by atoms with E-state index in [9.17, 15) is 13.5 Å². The minimum atomic E-state index is -3.03. The van der Waals surface area contributed by atoms with Crippen LogP contribution < -0.4 is 0 Å². The molecule has 1 heterocycles. The van der Waals surface area contributed by atoms with Crippen molar-refractivity contribution >= 4 is 9.84 Å². The van der Waals surface area contributed by atoms with Gasteiger partial charge in [-0.05, 0) is 26.3 Å². The monoisotopic (exact) mass is 243 g/mol. The number of hydrogen-bond acceptors (Lipinski definition) is 4. The van der Waals surface area contributed by atoms with E-state index in [0.29, 0.717) is 5.56 Å². The minimum Gasteiger partial charge on any atom is -0.388 e. The van der Waals surface area contributed by atoms with E-state index in [2.05, 4.69) is 4.98 Å². The zero-order valence-electron chi connectivity index (χ0n) is 9.77. The predicted molar refractivity (Wildman–Crippen MR) is 63.0 cm³/mol. The first kappa shape index (κ1) is 13.1. The summed E-state index contributed by atoms with van der Waals surface area (Å²) in [6, 6.07) is 3.61. The Morgan fingerprint density at radius 1 is 1.38 bits per heavy atom. The number of rotatable bonds is 4. The summed E-state index contributed by atoms with van der Waals surface area (Å²) in [7, 11) is -3.03. The summed E-state index contributed by atoms with van der Waals surface area (Å²) < 4.78 is 22.0. The number of aliphatic hydroxyl groups is 1. The van der Waals surface area contributed by atoms with Gasteiger partial charge in [-0.2, -0.15) is 0 Å². The van der Waals surface area contributed by atoms with Gasteiger partial charge < -0.3 is 5.11 Å². The molecule has 0 aliphatic rings. The average molecular weight is 243 g/mol. The Morgan fingerprint density at radius 3 is 2.50 bits per heavy atom. The van der Waals surface area contributed by atoms with Crippen LogP contribution >= 0.6 is 0 Å². The van der Waals surface area contributed by atoms with Crippen LogP contribution in [0.5, 0.6) is 0 Å². The van der Waals surface area contributed by atoms with Gasteiger partial charge in [0.15, 0.2) is 0 Å². The van der Waals surface area contributed by atoms with Gasteiger partial charge >= 0.3 is 0 Å². The zero-order valence-corrected chi connectivity index (χ0v) is 10.6. The fourth-order valence-electron chi connectivity index (χ4n) is 1.53. The van der Waals surface area contributed by atoms with Gasteiger partial charge in [0, 0.05) is 23.2 Å². The fraction of sp³-hybridized carbons (Fsp3) is 0.545. The Hall–Kier alpha value is -0.940. The Kier molecular flexibility index (Phi) is 4.04. The number of hydrogen-bond donors (Lipinski definition) is 1. The lowest BCUT2D eigenvalue weighted by molar-refractivity contribution is 0.173. The predicted octanol–water partition coefficient (Wildman–Crippen LogP) is 1.17. The normalized spacial score (nSPS) is 13.8. The first-order valence-corrected chi connectivity index (χ1v) is 7.15. The van der Waals surface area contributed by atoms with E-state index < -0.39 is 15.9 Å². The van der Waals surface area contributed by atoms with Gasteiger partial charge in [-0.25, -0.2) is 8.42 Å². The quantitative estimate of drug-likeness (QED) is 0.862. The van der Waals surface area contributed by atoms with Crippen molar-refractivity contribution in [2.75, 3.05) is 12.0 Å². The summed E-state index contributed by atoms with van der Waals surface area (Å²) in [6.45, 7) is 3.69. The molecule has 0 fully saturated rings. The third kappa shape index (κ3) is 3.90. The van der Waals surface area contributed by atoms with Crippen molar-refractivity contribution in [2.24, 2.45) is 0 Å². The van der Waals surface area contributed by atoms with E-state index in [1.165, 1.54) is 6.26 Å². The molecule has 0 aliphatic carbocycles. The molecule has 90 valence electrons. The van der Waals surface area contributed by atoms with Crippen LogP contribution in [0.4, 0.5) is 0 Å². The molecule has 0 amide bonds. The minimum absolute atomic E-state index is 0.0124. The summed E-state index contributed by atoms with van der Waals surface area (Å²) in [4.78, 5) is 4.23. The molecule has 0 saturated carbocycles. The van der Waals surface area contributed by atoms with Crippen molar-refractivity contribution in [3.8, 4) is 0 Å². The zero-order chi connectivity index (χ0) is 12.3. The molecule has 0 bridgehead atoms. The SMILES string of the molecule is Cc1ccc(C(O)CCS(C)(=O)=O)c(C)n1. The van der Waals surface area contributed by atoms with Gasteiger partial charge in [0.2, 0.25) is 0 Å². The summed E-state index contributed by atoms with van der Waals surface area (Å²) >= 11 is 0. The molecule has 4 nitrogen and oxygen atoms in total. The summed E-state index contributed by atoms with van der Waals surface area (Å²) in [6.07, 6.45) is 0.618. The van der Waals surface area contributed by atoms with E-state index in [0.717, 1.165) is 11.4 Å². The lowest BCUT2D eigenvalue weighted by Crippen LogP contribution is -2.10. The number of aryl methyl sites for hydroxylation is 2. The summed E-state index contributed by atoms with van der Waals surface area (Å²) in [5.74, 6) is -0.0124. The first-order chi connectivity index (χ1) is 7.29. The van der Waals surface area contributed by atoms with Crippen LogP contribution in [-0.2, 0) is 9.84 Å². The lowest BCUT2D eigenvalue weighted by atomic mass is 10.1. The van der Waals surface area contributed by atoms with Gasteiger partial charge in [0.25, 0.3) is 0 Å². The molecule has 1 aromatic rings. The maximum Gasteiger partial charge on any atom is 0.147 e. The maximum absolute atomic E-state index is 11.0. The topological polar surface area (TPSA) is 67.3 Å². The number of aliphatic hydroxyl groups excluding tert-OH is 1. The highest BCUT2D eigenvalue weighted by molar-refractivity contribution is 7.90. The van der Waals surface area contributed by atoms with Gasteiger partial charge in [-0.15, -0.1) is 0 Å². The molecule has 0 saturated heterocycles. The smallest absolute Gasteiger partial charge is 0.147 e. The van der Waals surface area contributed by atoms with Crippen LogP contribution in [0.25, 0.3) is 0 Å². The second-order valence-electron chi connectivity index (χ2n) is 4.06. The highest BCUT2D eigenvalue weighted by Gasteiger charge is 2.14. The van der Waals surface area contributed by atoms with Crippen LogP contribution in [0.3, 0.4) is 0 Å². The molecular formula is C11H17NO3S. The van der Waals surface area contributed by atoms with Gasteiger partial charge in [-0.1, -0.05) is 6.07 Å². The largest absolute Gasteiger partial charge is 0.388 e. The molecule has 0 radical (unpaired) electrons. The van der Waals surface area contributed by atoms with E-state index in [-0.39, 0.29) is 12.2 Å². The van der Waals surface area contributed by atoms with Crippen molar-refractivity contribution in [1.29, 1.82) is 0 Å². The number of sulfone groups is 1. The molecule has 1 aromatic heterocycles. The molecule has 0 aromatic carbocycles. The molecule has 0 aliphatic heterocycles. The Morgan fingerprint density at radius 2 is 2.00 bits per heavy atom. The lowest BCUT2D eigenvalue weighted by Gasteiger charge is -2.12. The molecule has 1 N–H and O–H groups in total. The second kappa shape index (κ2) is 4.93. The highest BCUT2D eigenvalue weighted by Crippen LogP contribution is 2.20. The summed E-state index contributed by atoms with van der Waals surface area (Å²) in [5, 5.41) is 9.85. The average Bonchev–Trinajstić information content (AvgIpc) is 2.13. The highest BCUT2D eigenvalue weighted by atomic mass is 32.2. The standard InChI is InChI=1S/C11H17NO3S/c1-8-4-5-10(9(2)12-8)11(13)6-7-16(3,14)15/h4-5,11,13H,6-7H2,1-3H3. The molecular weight excluding hydrogens is 226 g/mol. The number of nitrogens with zero attached hydrogens (tertiary/aromatic N) is 1. The molecule has 1 rings (SSSR count). The Balaban J connectivity index is 2.77. The maximum atomic E-state index is 11.0.